The van der Waals surface area contributed by atoms with Crippen molar-refractivity contribution in [3.63, 3.8) is 0 Å². The molecular weight excluding hydrogens is 553 g/mol. The summed E-state index contributed by atoms with van der Waals surface area (Å²) in [5, 5.41) is 10.1. The van der Waals surface area contributed by atoms with Gasteiger partial charge < -0.3 is 0 Å². The molecule has 0 heterocycles. The summed E-state index contributed by atoms with van der Waals surface area (Å²) in [4.78, 5) is 0. The average molecular weight is 583 g/mol. The lowest BCUT2D eigenvalue weighted by atomic mass is 9.83. The summed E-state index contributed by atoms with van der Waals surface area (Å²) in [6.07, 6.45) is 0. The molecule has 0 aliphatic rings. The third kappa shape index (κ3) is 4.30. The van der Waals surface area contributed by atoms with Gasteiger partial charge in [0.15, 0.2) is 0 Å². The molecule has 9 aromatic rings. The highest BCUT2D eigenvalue weighted by molar-refractivity contribution is 6.22. The van der Waals surface area contributed by atoms with Gasteiger partial charge in [0.25, 0.3) is 0 Å². The van der Waals surface area contributed by atoms with Crippen molar-refractivity contribution in [3.8, 4) is 44.5 Å². The SMILES string of the molecule is c1ccc(-c2ccccc2-c2c3ccccc3c(-c3ccc4c(-c5ccc6ccccc6c5)cccc4c3)c3ccccc23)cc1. The molecule has 0 spiro atoms. The van der Waals surface area contributed by atoms with Gasteiger partial charge in [0, 0.05) is 0 Å². The lowest BCUT2D eigenvalue weighted by molar-refractivity contribution is 1.61. The number of hydrogen-bond donors (Lipinski definition) is 0. The Kier molecular flexibility index (Phi) is 6.25. The fraction of sp³-hybridized carbons (Fsp3) is 0. The largest absolute Gasteiger partial charge is 0.0622 e. The van der Waals surface area contributed by atoms with Crippen LogP contribution in [0.5, 0.6) is 0 Å². The lowest BCUT2D eigenvalue weighted by Crippen LogP contribution is -1.93. The summed E-state index contributed by atoms with van der Waals surface area (Å²) in [5.41, 5.74) is 10.0. The molecule has 0 amide bonds. The maximum absolute atomic E-state index is 2.38. The highest BCUT2D eigenvalue weighted by Crippen LogP contribution is 2.46. The Bertz CT molecular complexity index is 2520. The molecule has 0 bridgehead atoms. The summed E-state index contributed by atoms with van der Waals surface area (Å²) >= 11 is 0. The van der Waals surface area contributed by atoms with E-state index < -0.39 is 0 Å². The van der Waals surface area contributed by atoms with Gasteiger partial charge in [-0.25, -0.2) is 0 Å². The fourth-order valence-electron chi connectivity index (χ4n) is 7.35. The van der Waals surface area contributed by atoms with Crippen LogP contribution in [0.4, 0.5) is 0 Å². The molecule has 0 atom stereocenters. The molecule has 0 saturated heterocycles. The Hall–Kier alpha value is -5.98. The van der Waals surface area contributed by atoms with Crippen molar-refractivity contribution in [1.29, 1.82) is 0 Å². The molecule has 0 fully saturated rings. The lowest BCUT2D eigenvalue weighted by Gasteiger charge is -2.20. The van der Waals surface area contributed by atoms with Crippen molar-refractivity contribution in [2.75, 3.05) is 0 Å². The van der Waals surface area contributed by atoms with Crippen LogP contribution in [0.25, 0.3) is 87.6 Å². The number of benzene rings is 9. The summed E-state index contributed by atoms with van der Waals surface area (Å²) in [5.74, 6) is 0. The highest BCUT2D eigenvalue weighted by atomic mass is 14.2. The Morgan fingerprint density at radius 1 is 0.217 bits per heavy atom. The first-order chi connectivity index (χ1) is 22.8. The maximum Gasteiger partial charge on any atom is -0.00201 e. The van der Waals surface area contributed by atoms with Crippen LogP contribution < -0.4 is 0 Å². The van der Waals surface area contributed by atoms with E-state index in [-0.39, 0.29) is 0 Å². The van der Waals surface area contributed by atoms with Crippen molar-refractivity contribution >= 4 is 43.1 Å². The molecule has 0 aromatic heterocycles. The quantitative estimate of drug-likeness (QED) is 0.181. The molecule has 0 nitrogen and oxygen atoms in total. The first-order valence-corrected chi connectivity index (χ1v) is 15.9. The molecule has 0 unspecified atom stereocenters. The van der Waals surface area contributed by atoms with Crippen molar-refractivity contribution in [1.82, 2.24) is 0 Å². The predicted molar refractivity (Wildman–Crippen MR) is 198 cm³/mol. The normalized spacial score (nSPS) is 11.5. The molecule has 214 valence electrons. The first-order valence-electron chi connectivity index (χ1n) is 15.9. The average Bonchev–Trinajstić information content (AvgIpc) is 3.13. The van der Waals surface area contributed by atoms with Crippen LogP contribution in [0.15, 0.2) is 182 Å². The van der Waals surface area contributed by atoms with Gasteiger partial charge in [-0.2, -0.15) is 0 Å². The Balaban J connectivity index is 1.28. The molecule has 46 heavy (non-hydrogen) atoms. The summed E-state index contributed by atoms with van der Waals surface area (Å²) < 4.78 is 0. The van der Waals surface area contributed by atoms with Gasteiger partial charge in [-0.15, -0.1) is 0 Å². The second-order valence-corrected chi connectivity index (χ2v) is 12.1. The molecule has 0 heteroatoms. The Morgan fingerprint density at radius 2 is 0.739 bits per heavy atom. The summed E-state index contributed by atoms with van der Waals surface area (Å²) in [6, 6.07) is 66.5. The van der Waals surface area contributed by atoms with Gasteiger partial charge in [-0.3, -0.25) is 0 Å². The monoisotopic (exact) mass is 582 g/mol. The molecule has 0 radical (unpaired) electrons. The molecule has 0 N–H and O–H groups in total. The van der Waals surface area contributed by atoms with Gasteiger partial charge in [0.2, 0.25) is 0 Å². The van der Waals surface area contributed by atoms with E-state index >= 15 is 0 Å². The topological polar surface area (TPSA) is 0 Å². The molecule has 9 rings (SSSR count). The zero-order valence-corrected chi connectivity index (χ0v) is 25.3. The van der Waals surface area contributed by atoms with Crippen LogP contribution in [-0.4, -0.2) is 0 Å². The summed E-state index contributed by atoms with van der Waals surface area (Å²) in [7, 11) is 0. The van der Waals surface area contributed by atoms with Crippen molar-refractivity contribution in [2.24, 2.45) is 0 Å². The van der Waals surface area contributed by atoms with Gasteiger partial charge in [0.1, 0.15) is 0 Å². The van der Waals surface area contributed by atoms with E-state index in [1.807, 2.05) is 0 Å². The van der Waals surface area contributed by atoms with Gasteiger partial charge in [-0.1, -0.05) is 170 Å². The van der Waals surface area contributed by atoms with E-state index in [9.17, 15) is 0 Å². The van der Waals surface area contributed by atoms with E-state index in [0.29, 0.717) is 0 Å². The van der Waals surface area contributed by atoms with E-state index in [0.717, 1.165) is 0 Å². The van der Waals surface area contributed by atoms with Crippen LogP contribution in [0.1, 0.15) is 0 Å². The smallest absolute Gasteiger partial charge is 0.00201 e. The van der Waals surface area contributed by atoms with E-state index in [1.165, 1.54) is 87.6 Å². The van der Waals surface area contributed by atoms with Crippen LogP contribution >= 0.6 is 0 Å². The number of rotatable bonds is 4. The van der Waals surface area contributed by atoms with Crippen LogP contribution in [-0.2, 0) is 0 Å². The molecule has 0 aliphatic carbocycles. The predicted octanol–water partition coefficient (Wildman–Crippen LogP) is 13.0. The van der Waals surface area contributed by atoms with Crippen LogP contribution in [0.2, 0.25) is 0 Å². The first kappa shape index (κ1) is 26.4. The van der Waals surface area contributed by atoms with E-state index in [4.69, 9.17) is 0 Å². The third-order valence-corrected chi connectivity index (χ3v) is 9.44. The maximum atomic E-state index is 2.38. The van der Waals surface area contributed by atoms with E-state index in [2.05, 4.69) is 182 Å². The van der Waals surface area contributed by atoms with Crippen LogP contribution in [0.3, 0.4) is 0 Å². The molecular formula is C46H30. The Morgan fingerprint density at radius 3 is 1.48 bits per heavy atom. The minimum atomic E-state index is 1.23. The minimum Gasteiger partial charge on any atom is -0.0622 e. The van der Waals surface area contributed by atoms with E-state index in [1.54, 1.807) is 0 Å². The van der Waals surface area contributed by atoms with Crippen molar-refractivity contribution in [3.05, 3.63) is 182 Å². The zero-order chi connectivity index (χ0) is 30.5. The number of hydrogen-bond acceptors (Lipinski definition) is 0. The van der Waals surface area contributed by atoms with Gasteiger partial charge in [0.05, 0.1) is 0 Å². The molecule has 9 aromatic carbocycles. The van der Waals surface area contributed by atoms with Gasteiger partial charge in [-0.05, 0) is 99.7 Å². The summed E-state index contributed by atoms with van der Waals surface area (Å²) in [6.45, 7) is 0. The number of fused-ring (bicyclic) bond motifs is 4. The molecule has 0 aliphatic heterocycles. The Labute approximate surface area is 268 Å². The van der Waals surface area contributed by atoms with Gasteiger partial charge >= 0.3 is 0 Å². The zero-order valence-electron chi connectivity index (χ0n) is 25.3. The van der Waals surface area contributed by atoms with Crippen LogP contribution in [0, 0.1) is 0 Å². The van der Waals surface area contributed by atoms with Crippen molar-refractivity contribution in [2.45, 2.75) is 0 Å². The molecule has 0 saturated carbocycles. The second-order valence-electron chi connectivity index (χ2n) is 12.1. The standard InChI is InChI=1S/C46H30/c1-2-14-32(15-3-1)37-18-6-7-19-40(37)46-43-22-10-8-20-41(43)45(42-21-9-11-23-44(42)46)36-27-28-39-34(30-36)17-12-24-38(39)35-26-25-31-13-4-5-16-33(31)29-35/h1-30H. The third-order valence-electron chi connectivity index (χ3n) is 9.44. The fourth-order valence-corrected chi connectivity index (χ4v) is 7.35. The highest BCUT2D eigenvalue weighted by Gasteiger charge is 2.19. The van der Waals surface area contributed by atoms with Crippen molar-refractivity contribution < 1.29 is 0 Å². The second kappa shape index (κ2) is 10.9. The minimum absolute atomic E-state index is 1.23.